The third-order valence-corrected chi connectivity index (χ3v) is 3.41. The molecule has 2 heterocycles. The second-order valence-electron chi connectivity index (χ2n) is 5.87. The van der Waals surface area contributed by atoms with Crippen LogP contribution in [0.5, 0.6) is 0 Å². The number of ether oxygens (including phenoxy) is 1. The van der Waals surface area contributed by atoms with Gasteiger partial charge in [0.1, 0.15) is 43.4 Å². The van der Waals surface area contributed by atoms with Crippen molar-refractivity contribution in [3.63, 3.8) is 0 Å². The zero-order valence-corrected chi connectivity index (χ0v) is 12.2. The summed E-state index contributed by atoms with van der Waals surface area (Å²) >= 11 is 0. The number of aromatic amines is 1. The second kappa shape index (κ2) is 5.84. The van der Waals surface area contributed by atoms with Gasteiger partial charge < -0.3 is 14.6 Å². The first kappa shape index (κ1) is 14.2. The molecule has 0 amide bonds. The first-order chi connectivity index (χ1) is 8.94. The molecule has 5 nitrogen and oxygen atoms in total. The lowest BCUT2D eigenvalue weighted by molar-refractivity contribution is -0.928. The highest BCUT2D eigenvalue weighted by molar-refractivity contribution is 5.03. The molecular formula is C14H24N3O2+. The largest absolute Gasteiger partial charge is 0.364 e. The van der Waals surface area contributed by atoms with Crippen molar-refractivity contribution >= 4 is 0 Å². The molecule has 1 aromatic rings. The monoisotopic (exact) mass is 266 g/mol. The third kappa shape index (κ3) is 3.88. The Labute approximate surface area is 114 Å². The van der Waals surface area contributed by atoms with Crippen molar-refractivity contribution in [2.75, 3.05) is 13.1 Å². The Morgan fingerprint density at radius 3 is 2.63 bits per heavy atom. The molecule has 2 atom stereocenters. The van der Waals surface area contributed by atoms with Gasteiger partial charge in [-0.2, -0.15) is 0 Å². The first-order valence-corrected chi connectivity index (χ1v) is 7.03. The summed E-state index contributed by atoms with van der Waals surface area (Å²) in [6, 6.07) is 1.61. The van der Waals surface area contributed by atoms with E-state index in [0.717, 1.165) is 31.2 Å². The standard InChI is InChI=1S/C14H23N3O2/c1-9(2)14-15-12(5-13(18)16-14)8-17-6-10(3)19-11(4)7-17/h5,9-11H,6-8H2,1-4H3,(H,15,16,18)/p+1/t10-,11-/m1/s1. The second-order valence-corrected chi connectivity index (χ2v) is 5.87. The molecule has 0 unspecified atom stereocenters. The molecular weight excluding hydrogens is 242 g/mol. The van der Waals surface area contributed by atoms with E-state index in [4.69, 9.17) is 4.74 Å². The van der Waals surface area contributed by atoms with Crippen LogP contribution in [0.2, 0.25) is 0 Å². The average Bonchev–Trinajstić information content (AvgIpc) is 2.26. The SMILES string of the molecule is CC(C)c1nc(C[NH+]2C[C@@H](C)O[C@H](C)C2)cc(=O)[nH]1. The molecule has 0 aromatic carbocycles. The number of H-pyrrole nitrogens is 1. The predicted octanol–water partition coefficient (Wildman–Crippen LogP) is 0.0854. The summed E-state index contributed by atoms with van der Waals surface area (Å²) in [4.78, 5) is 20.4. The van der Waals surface area contributed by atoms with Gasteiger partial charge in [0.2, 0.25) is 0 Å². The number of quaternary nitrogens is 1. The van der Waals surface area contributed by atoms with Gasteiger partial charge in [-0.3, -0.25) is 4.79 Å². The van der Waals surface area contributed by atoms with E-state index in [1.807, 2.05) is 13.8 Å². The molecule has 1 aliphatic heterocycles. The molecule has 2 rings (SSSR count). The van der Waals surface area contributed by atoms with Crippen LogP contribution in [0.25, 0.3) is 0 Å². The van der Waals surface area contributed by atoms with Crippen molar-refractivity contribution in [1.82, 2.24) is 9.97 Å². The van der Waals surface area contributed by atoms with Crippen LogP contribution in [0.1, 0.15) is 45.1 Å². The van der Waals surface area contributed by atoms with Gasteiger partial charge in [-0.25, -0.2) is 4.98 Å². The van der Waals surface area contributed by atoms with E-state index < -0.39 is 0 Å². The summed E-state index contributed by atoms with van der Waals surface area (Å²) in [6.07, 6.45) is 0.538. The van der Waals surface area contributed by atoms with Gasteiger partial charge >= 0.3 is 0 Å². The topological polar surface area (TPSA) is 59.4 Å². The number of morpholine rings is 1. The number of nitrogens with one attached hydrogen (secondary N) is 2. The van der Waals surface area contributed by atoms with Crippen LogP contribution < -0.4 is 10.5 Å². The summed E-state index contributed by atoms with van der Waals surface area (Å²) in [6.45, 7) is 11.0. The van der Waals surface area contributed by atoms with E-state index in [-0.39, 0.29) is 23.7 Å². The molecule has 0 radical (unpaired) electrons. The van der Waals surface area contributed by atoms with E-state index in [1.54, 1.807) is 6.07 Å². The van der Waals surface area contributed by atoms with E-state index >= 15 is 0 Å². The number of hydrogen-bond acceptors (Lipinski definition) is 3. The van der Waals surface area contributed by atoms with Crippen molar-refractivity contribution in [3.8, 4) is 0 Å². The summed E-state index contributed by atoms with van der Waals surface area (Å²) in [7, 11) is 0. The fraction of sp³-hybridized carbons (Fsp3) is 0.714. The summed E-state index contributed by atoms with van der Waals surface area (Å²) in [5, 5.41) is 0. The smallest absolute Gasteiger partial charge is 0.251 e. The van der Waals surface area contributed by atoms with Crippen molar-refractivity contribution in [2.24, 2.45) is 0 Å². The van der Waals surface area contributed by atoms with Crippen LogP contribution >= 0.6 is 0 Å². The highest BCUT2D eigenvalue weighted by atomic mass is 16.5. The van der Waals surface area contributed by atoms with Gasteiger partial charge in [0.05, 0.1) is 0 Å². The molecule has 5 heteroatoms. The zero-order valence-electron chi connectivity index (χ0n) is 12.2. The van der Waals surface area contributed by atoms with E-state index in [1.165, 1.54) is 4.90 Å². The number of hydrogen-bond donors (Lipinski definition) is 2. The van der Waals surface area contributed by atoms with Gasteiger partial charge in [0.15, 0.2) is 0 Å². The lowest BCUT2D eigenvalue weighted by Crippen LogP contribution is -3.14. The Kier molecular flexibility index (Phi) is 4.37. The Balaban J connectivity index is 2.12. The lowest BCUT2D eigenvalue weighted by atomic mass is 10.2. The van der Waals surface area contributed by atoms with Crippen molar-refractivity contribution in [3.05, 3.63) is 27.9 Å². The van der Waals surface area contributed by atoms with Gasteiger partial charge in [-0.15, -0.1) is 0 Å². The molecule has 0 saturated carbocycles. The van der Waals surface area contributed by atoms with Gasteiger partial charge in [0.25, 0.3) is 5.56 Å². The molecule has 1 aliphatic rings. The maximum Gasteiger partial charge on any atom is 0.251 e. The molecule has 19 heavy (non-hydrogen) atoms. The Hall–Kier alpha value is -1.20. The Morgan fingerprint density at radius 1 is 1.42 bits per heavy atom. The van der Waals surface area contributed by atoms with Crippen molar-refractivity contribution < 1.29 is 9.64 Å². The molecule has 1 fully saturated rings. The van der Waals surface area contributed by atoms with Crippen LogP contribution in [0.3, 0.4) is 0 Å². The minimum absolute atomic E-state index is 0.0533. The molecule has 1 aromatic heterocycles. The van der Waals surface area contributed by atoms with Gasteiger partial charge in [0, 0.05) is 12.0 Å². The molecule has 0 spiro atoms. The zero-order chi connectivity index (χ0) is 14.0. The lowest BCUT2D eigenvalue weighted by Gasteiger charge is -2.32. The van der Waals surface area contributed by atoms with E-state index in [2.05, 4.69) is 23.8 Å². The predicted molar refractivity (Wildman–Crippen MR) is 73.4 cm³/mol. The van der Waals surface area contributed by atoms with Crippen LogP contribution in [-0.2, 0) is 11.3 Å². The number of nitrogens with zero attached hydrogens (tertiary/aromatic N) is 1. The number of rotatable bonds is 3. The van der Waals surface area contributed by atoms with Crippen LogP contribution in [0.15, 0.2) is 10.9 Å². The fourth-order valence-electron chi connectivity index (χ4n) is 2.68. The minimum atomic E-state index is -0.0533. The summed E-state index contributed by atoms with van der Waals surface area (Å²) in [5.74, 6) is 1.02. The van der Waals surface area contributed by atoms with E-state index in [9.17, 15) is 4.79 Å². The van der Waals surface area contributed by atoms with Crippen molar-refractivity contribution in [1.29, 1.82) is 0 Å². The highest BCUT2D eigenvalue weighted by Crippen LogP contribution is 2.06. The normalized spacial score (nSPS) is 27.7. The highest BCUT2D eigenvalue weighted by Gasteiger charge is 2.26. The maximum absolute atomic E-state index is 11.7. The van der Waals surface area contributed by atoms with Gasteiger partial charge in [-0.05, 0) is 13.8 Å². The first-order valence-electron chi connectivity index (χ1n) is 7.03. The molecule has 2 N–H and O–H groups in total. The average molecular weight is 266 g/mol. The summed E-state index contributed by atoms with van der Waals surface area (Å²) in [5.41, 5.74) is 0.825. The maximum atomic E-state index is 11.7. The Bertz CT molecular complexity index is 474. The Morgan fingerprint density at radius 2 is 2.05 bits per heavy atom. The van der Waals surface area contributed by atoms with Crippen LogP contribution in [-0.4, -0.2) is 35.3 Å². The van der Waals surface area contributed by atoms with E-state index in [0.29, 0.717) is 0 Å². The third-order valence-electron chi connectivity index (χ3n) is 3.41. The minimum Gasteiger partial charge on any atom is -0.364 e. The summed E-state index contributed by atoms with van der Waals surface area (Å²) < 4.78 is 5.73. The van der Waals surface area contributed by atoms with Gasteiger partial charge in [-0.1, -0.05) is 13.8 Å². The van der Waals surface area contributed by atoms with Crippen molar-refractivity contribution in [2.45, 2.75) is 52.4 Å². The van der Waals surface area contributed by atoms with Crippen LogP contribution in [0, 0.1) is 0 Å². The molecule has 0 bridgehead atoms. The fourth-order valence-corrected chi connectivity index (χ4v) is 2.68. The number of aromatic nitrogens is 2. The molecule has 0 aliphatic carbocycles. The molecule has 106 valence electrons. The van der Waals surface area contributed by atoms with Crippen LogP contribution in [0.4, 0.5) is 0 Å². The quantitative estimate of drug-likeness (QED) is 0.815. The molecule has 1 saturated heterocycles.